The van der Waals surface area contributed by atoms with Gasteiger partial charge in [-0.1, -0.05) is 42.5 Å². The number of carbonyl (C=O) groups excluding carboxylic acids is 2. The van der Waals surface area contributed by atoms with Crippen LogP contribution in [0.1, 0.15) is 37.7 Å². The molecule has 0 saturated carbocycles. The minimum Gasteiger partial charge on any atom is -0.469 e. The van der Waals surface area contributed by atoms with Crippen LogP contribution in [-0.4, -0.2) is 88.7 Å². The number of rotatable bonds is 11. The van der Waals surface area contributed by atoms with Gasteiger partial charge in [0.15, 0.2) is 0 Å². The second kappa shape index (κ2) is 15.1. The van der Waals surface area contributed by atoms with Crippen molar-refractivity contribution in [2.24, 2.45) is 0 Å². The van der Waals surface area contributed by atoms with Crippen molar-refractivity contribution in [1.29, 1.82) is 0 Å². The SMILES string of the molecule is COC(=O)CCCSCCN1C(=O)CCC[C@@H]1/C=C/C(O)Cc1ccccc1.[Na]. The summed E-state index contributed by atoms with van der Waals surface area (Å²) in [5, 5.41) is 10.3. The number of aliphatic hydroxyl groups excluding tert-OH is 1. The molecule has 1 aliphatic heterocycles. The van der Waals surface area contributed by atoms with Crippen molar-refractivity contribution in [3.05, 3.63) is 48.0 Å². The summed E-state index contributed by atoms with van der Waals surface area (Å²) in [5.41, 5.74) is 1.10. The van der Waals surface area contributed by atoms with Crippen molar-refractivity contribution < 1.29 is 19.4 Å². The van der Waals surface area contributed by atoms with Crippen LogP contribution in [0.3, 0.4) is 0 Å². The van der Waals surface area contributed by atoms with Gasteiger partial charge in [0.25, 0.3) is 0 Å². The van der Waals surface area contributed by atoms with Crippen molar-refractivity contribution in [2.45, 2.75) is 50.7 Å². The van der Waals surface area contributed by atoms with Crippen LogP contribution in [-0.2, 0) is 20.7 Å². The number of nitrogens with zero attached hydrogens (tertiary/aromatic N) is 1. The fraction of sp³-hybridized carbons (Fsp3) is 0.545. The first-order chi connectivity index (χ1) is 13.6. The number of methoxy groups -OCH3 is 1. The van der Waals surface area contributed by atoms with E-state index in [1.807, 2.05) is 47.4 Å². The molecule has 1 unspecified atom stereocenters. The van der Waals surface area contributed by atoms with Crippen LogP contribution in [0.4, 0.5) is 0 Å². The maximum Gasteiger partial charge on any atom is 0.305 e. The maximum absolute atomic E-state index is 12.3. The van der Waals surface area contributed by atoms with E-state index in [2.05, 4.69) is 4.74 Å². The first-order valence-corrected chi connectivity index (χ1v) is 11.1. The molecule has 0 aromatic heterocycles. The topological polar surface area (TPSA) is 66.8 Å². The van der Waals surface area contributed by atoms with E-state index in [1.165, 1.54) is 7.11 Å². The van der Waals surface area contributed by atoms with E-state index in [-0.39, 0.29) is 47.5 Å². The second-order valence-electron chi connectivity index (χ2n) is 6.98. The van der Waals surface area contributed by atoms with Gasteiger partial charge >= 0.3 is 5.97 Å². The van der Waals surface area contributed by atoms with Crippen LogP contribution in [0.5, 0.6) is 0 Å². The summed E-state index contributed by atoms with van der Waals surface area (Å²) in [4.78, 5) is 25.4. The van der Waals surface area contributed by atoms with E-state index in [1.54, 1.807) is 11.8 Å². The molecule has 0 aliphatic carbocycles. The van der Waals surface area contributed by atoms with Gasteiger partial charge in [0.2, 0.25) is 5.91 Å². The zero-order chi connectivity index (χ0) is 20.2. The minimum atomic E-state index is -0.547. The Morgan fingerprint density at radius 3 is 2.83 bits per heavy atom. The first kappa shape index (κ1) is 26.2. The van der Waals surface area contributed by atoms with Gasteiger partial charge in [0.1, 0.15) is 0 Å². The summed E-state index contributed by atoms with van der Waals surface area (Å²) in [6.45, 7) is 0.700. The zero-order valence-corrected chi connectivity index (χ0v) is 20.4. The fourth-order valence-electron chi connectivity index (χ4n) is 3.30. The molecule has 1 aromatic carbocycles. The Kier molecular flexibility index (Phi) is 13.6. The largest absolute Gasteiger partial charge is 0.469 e. The van der Waals surface area contributed by atoms with E-state index in [0.29, 0.717) is 25.8 Å². The quantitative estimate of drug-likeness (QED) is 0.254. The number of carbonyl (C=O) groups is 2. The third kappa shape index (κ3) is 10.2. The number of piperidine rings is 1. The normalized spacial score (nSPS) is 17.8. The summed E-state index contributed by atoms with van der Waals surface area (Å²) in [6, 6.07) is 9.97. The summed E-state index contributed by atoms with van der Waals surface area (Å²) in [5.74, 6) is 1.75. The molecule has 1 saturated heterocycles. The number of aliphatic hydroxyl groups is 1. The molecule has 1 aliphatic rings. The van der Waals surface area contributed by atoms with Crippen molar-refractivity contribution in [2.75, 3.05) is 25.2 Å². The van der Waals surface area contributed by atoms with E-state index < -0.39 is 6.10 Å². The Morgan fingerprint density at radius 1 is 1.34 bits per heavy atom. The molecule has 1 heterocycles. The Bertz CT molecular complexity index is 641. The Hall–Kier alpha value is -0.790. The van der Waals surface area contributed by atoms with Crippen LogP contribution in [0.2, 0.25) is 0 Å². The molecule has 0 spiro atoms. The number of ether oxygens (including phenoxy) is 1. The fourth-order valence-corrected chi connectivity index (χ4v) is 4.18. The summed E-state index contributed by atoms with van der Waals surface area (Å²) >= 11 is 1.75. The van der Waals surface area contributed by atoms with Crippen LogP contribution in [0.25, 0.3) is 0 Å². The molecular weight excluding hydrogens is 397 g/mol. The van der Waals surface area contributed by atoms with Crippen molar-refractivity contribution in [3.8, 4) is 0 Å². The maximum atomic E-state index is 12.3. The van der Waals surface area contributed by atoms with Crippen LogP contribution >= 0.6 is 11.8 Å². The molecule has 1 aromatic rings. The molecule has 155 valence electrons. The molecule has 2 atom stereocenters. The number of benzene rings is 1. The molecule has 1 amide bonds. The van der Waals surface area contributed by atoms with E-state index >= 15 is 0 Å². The zero-order valence-electron chi connectivity index (χ0n) is 17.6. The minimum absolute atomic E-state index is 0. The summed E-state index contributed by atoms with van der Waals surface area (Å²) < 4.78 is 4.63. The average molecular weight is 429 g/mol. The van der Waals surface area contributed by atoms with Gasteiger partial charge in [-0.2, -0.15) is 11.8 Å². The van der Waals surface area contributed by atoms with Gasteiger partial charge in [-0.25, -0.2) is 0 Å². The van der Waals surface area contributed by atoms with Gasteiger partial charge in [0.05, 0.1) is 19.3 Å². The van der Waals surface area contributed by atoms with Crippen molar-refractivity contribution >= 4 is 53.2 Å². The molecule has 1 fully saturated rings. The predicted molar refractivity (Wildman–Crippen MR) is 119 cm³/mol. The molecule has 7 heteroatoms. The third-order valence-electron chi connectivity index (χ3n) is 4.83. The number of hydrogen-bond donors (Lipinski definition) is 1. The van der Waals surface area contributed by atoms with Crippen LogP contribution in [0.15, 0.2) is 42.5 Å². The van der Waals surface area contributed by atoms with E-state index in [0.717, 1.165) is 36.3 Å². The number of thioether (sulfide) groups is 1. The molecule has 1 N–H and O–H groups in total. The van der Waals surface area contributed by atoms with Crippen LogP contribution in [0, 0.1) is 0 Å². The molecule has 1 radical (unpaired) electrons. The van der Waals surface area contributed by atoms with E-state index in [9.17, 15) is 14.7 Å². The number of hydrogen-bond acceptors (Lipinski definition) is 5. The number of amides is 1. The van der Waals surface area contributed by atoms with Crippen molar-refractivity contribution in [1.82, 2.24) is 4.90 Å². The van der Waals surface area contributed by atoms with Gasteiger partial charge in [-0.3, -0.25) is 9.59 Å². The average Bonchev–Trinajstić information content (AvgIpc) is 2.70. The first-order valence-electron chi connectivity index (χ1n) is 9.94. The van der Waals surface area contributed by atoms with E-state index in [4.69, 9.17) is 0 Å². The molecule has 5 nitrogen and oxygen atoms in total. The smallest absolute Gasteiger partial charge is 0.305 e. The number of likely N-dealkylation sites (tertiary alicyclic amines) is 1. The summed E-state index contributed by atoms with van der Waals surface area (Å²) in [7, 11) is 1.40. The van der Waals surface area contributed by atoms with Crippen LogP contribution < -0.4 is 0 Å². The Labute approximate surface area is 200 Å². The molecule has 2 rings (SSSR count). The molecule has 29 heavy (non-hydrogen) atoms. The second-order valence-corrected chi connectivity index (χ2v) is 8.21. The molecule has 0 bridgehead atoms. The van der Waals surface area contributed by atoms with Crippen molar-refractivity contribution in [3.63, 3.8) is 0 Å². The number of esters is 1. The van der Waals surface area contributed by atoms with Gasteiger partial charge < -0.3 is 14.7 Å². The predicted octanol–water partition coefficient (Wildman–Crippen LogP) is 2.83. The Balaban J connectivity index is 0.00000420. The molecular formula is C22H31NNaO4S. The Morgan fingerprint density at radius 2 is 2.10 bits per heavy atom. The standard InChI is InChI=1S/C22H31NO4S.Na/c1-27-22(26)11-6-15-28-16-14-23-19(9-5-10-21(23)25)12-13-20(24)17-18-7-3-2-4-8-18;/h2-4,7-8,12-13,19-20,24H,5-6,9-11,14-17H2,1H3;/b13-12+;/t19-,20?;/m1./s1. The van der Waals surface area contributed by atoms with Gasteiger partial charge in [-0.15, -0.1) is 0 Å². The third-order valence-corrected chi connectivity index (χ3v) is 5.88. The summed E-state index contributed by atoms with van der Waals surface area (Å²) in [6.07, 6.45) is 7.52. The van der Waals surface area contributed by atoms with Gasteiger partial charge in [-0.05, 0) is 30.6 Å². The monoisotopic (exact) mass is 428 g/mol. The van der Waals surface area contributed by atoms with Gasteiger partial charge in [0, 0.05) is 61.1 Å².